The highest BCUT2D eigenvalue weighted by atomic mass is 32.1. The van der Waals surface area contributed by atoms with Crippen molar-refractivity contribution in [2.45, 2.75) is 27.2 Å². The predicted molar refractivity (Wildman–Crippen MR) is 85.8 cm³/mol. The molecule has 0 aliphatic heterocycles. The maximum absolute atomic E-state index is 5.66. The number of aryl methyl sites for hydroxylation is 1. The van der Waals surface area contributed by atoms with Crippen LogP contribution in [0.1, 0.15) is 31.5 Å². The fraction of sp³-hybridized carbons (Fsp3) is 0.571. The summed E-state index contributed by atoms with van der Waals surface area (Å²) in [5, 5.41) is 3.34. The summed E-state index contributed by atoms with van der Waals surface area (Å²) >= 11 is 5.00. The molecule has 3 N–H and O–H groups in total. The summed E-state index contributed by atoms with van der Waals surface area (Å²) in [5.74, 6) is 0.843. The number of rotatable bonds is 8. The van der Waals surface area contributed by atoms with Crippen LogP contribution in [0, 0.1) is 6.92 Å². The fourth-order valence-electron chi connectivity index (χ4n) is 1.99. The lowest BCUT2D eigenvalue weighted by molar-refractivity contribution is 0.300. The SMILES string of the molecule is CCCN(CC)CCNc1cc(C(N)=S)cc(C)n1. The molecule has 0 amide bonds. The summed E-state index contributed by atoms with van der Waals surface area (Å²) in [6.45, 7) is 10.4. The van der Waals surface area contributed by atoms with E-state index in [-0.39, 0.29) is 0 Å². The number of hydrogen-bond donors (Lipinski definition) is 2. The minimum Gasteiger partial charge on any atom is -0.389 e. The lowest BCUT2D eigenvalue weighted by Gasteiger charge is -2.19. The zero-order chi connectivity index (χ0) is 14.3. The van der Waals surface area contributed by atoms with E-state index in [4.69, 9.17) is 18.0 Å². The van der Waals surface area contributed by atoms with Gasteiger partial charge in [0.2, 0.25) is 0 Å². The topological polar surface area (TPSA) is 54.2 Å². The van der Waals surface area contributed by atoms with Crippen LogP contribution in [0.15, 0.2) is 12.1 Å². The van der Waals surface area contributed by atoms with E-state index in [1.54, 1.807) is 0 Å². The highest BCUT2D eigenvalue weighted by molar-refractivity contribution is 7.80. The second-order valence-electron chi connectivity index (χ2n) is 4.61. The van der Waals surface area contributed by atoms with Gasteiger partial charge in [0.25, 0.3) is 0 Å². The van der Waals surface area contributed by atoms with Crippen LogP contribution >= 0.6 is 12.2 Å². The molecular weight excluding hydrogens is 256 g/mol. The van der Waals surface area contributed by atoms with Gasteiger partial charge >= 0.3 is 0 Å². The fourth-order valence-corrected chi connectivity index (χ4v) is 2.11. The Bertz CT molecular complexity index is 420. The molecule has 1 rings (SSSR count). The van der Waals surface area contributed by atoms with Crippen molar-refractivity contribution in [3.8, 4) is 0 Å². The van der Waals surface area contributed by atoms with Crippen molar-refractivity contribution < 1.29 is 0 Å². The van der Waals surface area contributed by atoms with Gasteiger partial charge in [0.05, 0.1) is 0 Å². The van der Waals surface area contributed by atoms with E-state index in [2.05, 4.69) is 29.0 Å². The van der Waals surface area contributed by atoms with Crippen molar-refractivity contribution >= 4 is 23.0 Å². The van der Waals surface area contributed by atoms with Crippen LogP contribution in [-0.4, -0.2) is 41.1 Å². The van der Waals surface area contributed by atoms with Gasteiger partial charge in [0.15, 0.2) is 0 Å². The van der Waals surface area contributed by atoms with Crippen LogP contribution in [0.25, 0.3) is 0 Å². The number of nitrogens with two attached hydrogens (primary N) is 1. The van der Waals surface area contributed by atoms with Gasteiger partial charge in [-0.25, -0.2) is 4.98 Å². The van der Waals surface area contributed by atoms with Crippen molar-refractivity contribution in [1.82, 2.24) is 9.88 Å². The van der Waals surface area contributed by atoms with E-state index in [0.29, 0.717) is 4.99 Å². The number of hydrogen-bond acceptors (Lipinski definition) is 4. The Morgan fingerprint density at radius 3 is 2.68 bits per heavy atom. The molecule has 1 heterocycles. The third kappa shape index (κ3) is 5.53. The van der Waals surface area contributed by atoms with Gasteiger partial charge in [-0.05, 0) is 38.6 Å². The molecule has 1 aromatic heterocycles. The molecule has 4 nitrogen and oxygen atoms in total. The molecule has 0 fully saturated rings. The highest BCUT2D eigenvalue weighted by Crippen LogP contribution is 2.10. The first-order chi connectivity index (χ1) is 9.06. The van der Waals surface area contributed by atoms with Gasteiger partial charge in [-0.15, -0.1) is 0 Å². The number of nitrogens with zero attached hydrogens (tertiary/aromatic N) is 2. The van der Waals surface area contributed by atoms with Crippen LogP contribution in [-0.2, 0) is 0 Å². The minimum atomic E-state index is 0.412. The van der Waals surface area contributed by atoms with E-state index in [1.165, 1.54) is 6.42 Å². The molecule has 0 spiro atoms. The Balaban J connectivity index is 2.55. The average Bonchev–Trinajstić information content (AvgIpc) is 2.37. The molecule has 0 aliphatic rings. The minimum absolute atomic E-state index is 0.412. The van der Waals surface area contributed by atoms with Crippen molar-refractivity contribution in [3.63, 3.8) is 0 Å². The molecule has 0 aliphatic carbocycles. The molecule has 5 heteroatoms. The Kier molecular flexibility index (Phi) is 6.73. The first-order valence-corrected chi connectivity index (χ1v) is 7.22. The number of thiocarbonyl (C=S) groups is 1. The van der Waals surface area contributed by atoms with Crippen LogP contribution in [0.5, 0.6) is 0 Å². The van der Waals surface area contributed by atoms with E-state index >= 15 is 0 Å². The van der Waals surface area contributed by atoms with Gasteiger partial charge < -0.3 is 16.0 Å². The lowest BCUT2D eigenvalue weighted by Crippen LogP contribution is -2.29. The molecule has 106 valence electrons. The normalized spacial score (nSPS) is 10.7. The number of likely N-dealkylation sites (N-methyl/N-ethyl adjacent to an activating group) is 1. The standard InChI is InChI=1S/C14H24N4S/c1-4-7-18(5-2)8-6-16-13-10-12(14(15)19)9-11(3)17-13/h9-10H,4-8H2,1-3H3,(H2,15,19)(H,16,17). The van der Waals surface area contributed by atoms with Gasteiger partial charge in [0.1, 0.15) is 10.8 Å². The summed E-state index contributed by atoms with van der Waals surface area (Å²) in [5.41, 5.74) is 7.45. The number of anilines is 1. The summed E-state index contributed by atoms with van der Waals surface area (Å²) < 4.78 is 0. The number of aromatic nitrogens is 1. The maximum atomic E-state index is 5.66. The summed E-state index contributed by atoms with van der Waals surface area (Å²) in [7, 11) is 0. The van der Waals surface area contributed by atoms with E-state index in [0.717, 1.165) is 43.3 Å². The predicted octanol–water partition coefficient (Wildman–Crippen LogP) is 2.17. The van der Waals surface area contributed by atoms with Crippen LogP contribution in [0.2, 0.25) is 0 Å². The molecule has 0 atom stereocenters. The van der Waals surface area contributed by atoms with Gasteiger partial charge in [-0.3, -0.25) is 0 Å². The van der Waals surface area contributed by atoms with E-state index in [1.807, 2.05) is 19.1 Å². The maximum Gasteiger partial charge on any atom is 0.126 e. The Morgan fingerprint density at radius 2 is 2.11 bits per heavy atom. The summed E-state index contributed by atoms with van der Waals surface area (Å²) in [4.78, 5) is 7.27. The van der Waals surface area contributed by atoms with Gasteiger partial charge in [-0.2, -0.15) is 0 Å². The number of pyridine rings is 1. The average molecular weight is 280 g/mol. The zero-order valence-electron chi connectivity index (χ0n) is 12.1. The molecule has 0 unspecified atom stereocenters. The summed E-state index contributed by atoms with van der Waals surface area (Å²) in [6.07, 6.45) is 1.18. The van der Waals surface area contributed by atoms with Gasteiger partial charge in [0, 0.05) is 24.3 Å². The largest absolute Gasteiger partial charge is 0.389 e. The Hall–Kier alpha value is -1.20. The van der Waals surface area contributed by atoms with Gasteiger partial charge in [-0.1, -0.05) is 26.1 Å². The molecule has 0 bridgehead atoms. The highest BCUT2D eigenvalue weighted by Gasteiger charge is 2.04. The third-order valence-corrected chi connectivity index (χ3v) is 3.19. The molecular formula is C14H24N4S. The quantitative estimate of drug-likeness (QED) is 0.715. The van der Waals surface area contributed by atoms with Crippen molar-refractivity contribution in [1.29, 1.82) is 0 Å². The Morgan fingerprint density at radius 1 is 1.37 bits per heavy atom. The first-order valence-electron chi connectivity index (χ1n) is 6.81. The van der Waals surface area contributed by atoms with Crippen LogP contribution in [0.4, 0.5) is 5.82 Å². The van der Waals surface area contributed by atoms with Crippen molar-refractivity contribution in [2.75, 3.05) is 31.5 Å². The summed E-state index contributed by atoms with van der Waals surface area (Å²) in [6, 6.07) is 3.81. The first kappa shape index (κ1) is 15.9. The molecule has 0 saturated heterocycles. The second-order valence-corrected chi connectivity index (χ2v) is 5.05. The second kappa shape index (κ2) is 8.07. The number of nitrogens with one attached hydrogen (secondary N) is 1. The lowest BCUT2D eigenvalue weighted by atomic mass is 10.2. The van der Waals surface area contributed by atoms with E-state index in [9.17, 15) is 0 Å². The molecule has 0 radical (unpaired) electrons. The molecule has 1 aromatic rings. The van der Waals surface area contributed by atoms with E-state index < -0.39 is 0 Å². The van der Waals surface area contributed by atoms with Crippen molar-refractivity contribution in [3.05, 3.63) is 23.4 Å². The smallest absolute Gasteiger partial charge is 0.126 e. The molecule has 0 saturated carbocycles. The third-order valence-electron chi connectivity index (χ3n) is 2.96. The Labute approximate surface area is 121 Å². The molecule has 19 heavy (non-hydrogen) atoms. The van der Waals surface area contributed by atoms with Crippen LogP contribution in [0.3, 0.4) is 0 Å². The van der Waals surface area contributed by atoms with Crippen LogP contribution < -0.4 is 11.1 Å². The zero-order valence-corrected chi connectivity index (χ0v) is 12.9. The van der Waals surface area contributed by atoms with Crippen molar-refractivity contribution in [2.24, 2.45) is 5.73 Å². The molecule has 0 aromatic carbocycles. The monoisotopic (exact) mass is 280 g/mol.